The first-order valence-corrected chi connectivity index (χ1v) is 8.09. The third-order valence-electron chi connectivity index (χ3n) is 4.34. The van der Waals surface area contributed by atoms with Gasteiger partial charge in [0.05, 0.1) is 10.4 Å². The van der Waals surface area contributed by atoms with E-state index in [9.17, 15) is 39.9 Å². The number of carbonyl (C=O) groups excluding carboxylic acids is 1. The molecule has 150 valence electrons. The van der Waals surface area contributed by atoms with E-state index in [0.717, 1.165) is 0 Å². The van der Waals surface area contributed by atoms with Crippen LogP contribution in [-0.2, 0) is 15.6 Å². The van der Waals surface area contributed by atoms with E-state index in [1.807, 2.05) is 0 Å². The monoisotopic (exact) mass is 466 g/mol. The fourth-order valence-electron chi connectivity index (χ4n) is 2.69. The Labute approximate surface area is 156 Å². The molecule has 0 heterocycles. The molecule has 0 bridgehead atoms. The number of halogens is 9. The third-order valence-corrected chi connectivity index (χ3v) is 5.05. The highest BCUT2D eigenvalue weighted by atomic mass is 79.9. The molecule has 0 saturated heterocycles. The van der Waals surface area contributed by atoms with Gasteiger partial charge in [0.2, 0.25) is 0 Å². The summed E-state index contributed by atoms with van der Waals surface area (Å²) in [5.41, 5.74) is -2.85. The van der Waals surface area contributed by atoms with Gasteiger partial charge >= 0.3 is 18.3 Å². The smallest absolute Gasteiger partial charge is 0.397 e. The van der Waals surface area contributed by atoms with Crippen molar-refractivity contribution in [3.8, 4) is 0 Å². The Bertz CT molecular complexity index is 800. The SMILES string of the molecule is CC1(C)C(C=C(Br)C(F)(F)F)C1C(=O)OC(F)(F)c1ccc(F)c(F)c1F. The Morgan fingerprint density at radius 2 is 1.67 bits per heavy atom. The topological polar surface area (TPSA) is 26.3 Å². The summed E-state index contributed by atoms with van der Waals surface area (Å²) in [6.07, 6.45) is -8.72. The maximum Gasteiger partial charge on any atom is 0.431 e. The highest BCUT2D eigenvalue weighted by molar-refractivity contribution is 9.11. The van der Waals surface area contributed by atoms with Crippen LogP contribution in [0.1, 0.15) is 19.4 Å². The molecule has 2 unspecified atom stereocenters. The average molecular weight is 467 g/mol. The van der Waals surface area contributed by atoms with Crippen molar-refractivity contribution < 1.29 is 44.7 Å². The van der Waals surface area contributed by atoms with Crippen molar-refractivity contribution in [2.45, 2.75) is 26.1 Å². The lowest BCUT2D eigenvalue weighted by molar-refractivity contribution is -0.243. The van der Waals surface area contributed by atoms with Crippen molar-refractivity contribution >= 4 is 21.9 Å². The van der Waals surface area contributed by atoms with E-state index in [4.69, 9.17) is 0 Å². The summed E-state index contributed by atoms with van der Waals surface area (Å²) in [6, 6.07) is 0.430. The molecule has 2 nitrogen and oxygen atoms in total. The van der Waals surface area contributed by atoms with Crippen LogP contribution >= 0.6 is 15.9 Å². The molecule has 1 aromatic carbocycles. The van der Waals surface area contributed by atoms with Crippen LogP contribution < -0.4 is 0 Å². The van der Waals surface area contributed by atoms with E-state index in [0.29, 0.717) is 6.08 Å². The van der Waals surface area contributed by atoms with Crippen LogP contribution in [0.5, 0.6) is 0 Å². The summed E-state index contributed by atoms with van der Waals surface area (Å²) < 4.78 is 108. The summed E-state index contributed by atoms with van der Waals surface area (Å²) in [5.74, 6) is -10.2. The van der Waals surface area contributed by atoms with Crippen molar-refractivity contribution in [1.82, 2.24) is 0 Å². The molecule has 0 radical (unpaired) electrons. The summed E-state index contributed by atoms with van der Waals surface area (Å²) >= 11 is 2.30. The highest BCUT2D eigenvalue weighted by Crippen LogP contribution is 2.61. The summed E-state index contributed by atoms with van der Waals surface area (Å²) in [4.78, 5) is 12.0. The minimum Gasteiger partial charge on any atom is -0.397 e. The first kappa shape index (κ1) is 21.6. The minimum atomic E-state index is -4.73. The Balaban J connectivity index is 2.23. The van der Waals surface area contributed by atoms with Gasteiger partial charge in [0.15, 0.2) is 17.5 Å². The Hall–Kier alpha value is -1.65. The minimum absolute atomic E-state index is 0.205. The maximum atomic E-state index is 14.0. The zero-order chi connectivity index (χ0) is 20.9. The van der Waals surface area contributed by atoms with Crippen LogP contribution in [0, 0.1) is 34.7 Å². The van der Waals surface area contributed by atoms with Gasteiger partial charge in [-0.1, -0.05) is 19.9 Å². The molecule has 2 rings (SSSR count). The number of alkyl halides is 5. The van der Waals surface area contributed by atoms with Crippen molar-refractivity contribution in [2.75, 3.05) is 0 Å². The molecule has 1 aliphatic carbocycles. The molecule has 0 aromatic heterocycles. The Morgan fingerprint density at radius 1 is 1.11 bits per heavy atom. The fraction of sp³-hybridized carbons (Fsp3) is 0.438. The largest absolute Gasteiger partial charge is 0.431 e. The van der Waals surface area contributed by atoms with Gasteiger partial charge in [-0.15, -0.1) is 0 Å². The predicted molar refractivity (Wildman–Crippen MR) is 80.1 cm³/mol. The van der Waals surface area contributed by atoms with Gasteiger partial charge in [0, 0.05) is 0 Å². The number of benzene rings is 1. The lowest BCUT2D eigenvalue weighted by Gasteiger charge is -2.18. The number of carbonyl (C=O) groups is 1. The van der Waals surface area contributed by atoms with Gasteiger partial charge in [-0.2, -0.15) is 22.0 Å². The van der Waals surface area contributed by atoms with E-state index in [1.165, 1.54) is 13.8 Å². The van der Waals surface area contributed by atoms with Gasteiger partial charge in [-0.25, -0.2) is 13.2 Å². The van der Waals surface area contributed by atoms with Gasteiger partial charge in [-0.05, 0) is 39.4 Å². The van der Waals surface area contributed by atoms with Crippen molar-refractivity contribution in [2.24, 2.45) is 17.3 Å². The number of hydrogen-bond donors (Lipinski definition) is 0. The molecule has 0 N–H and O–H groups in total. The van der Waals surface area contributed by atoms with E-state index < -0.39 is 63.0 Å². The number of esters is 1. The van der Waals surface area contributed by atoms with E-state index in [2.05, 4.69) is 20.7 Å². The van der Waals surface area contributed by atoms with Gasteiger partial charge < -0.3 is 4.74 Å². The molecule has 1 fully saturated rings. The van der Waals surface area contributed by atoms with Crippen LogP contribution in [0.15, 0.2) is 22.7 Å². The summed E-state index contributed by atoms with van der Waals surface area (Å²) in [7, 11) is 0. The molecule has 0 aliphatic heterocycles. The number of hydrogen-bond acceptors (Lipinski definition) is 2. The fourth-order valence-corrected chi connectivity index (χ4v) is 2.97. The Kier molecular flexibility index (Phi) is 5.41. The summed E-state index contributed by atoms with van der Waals surface area (Å²) in [6.45, 7) is 2.71. The Morgan fingerprint density at radius 3 is 2.19 bits per heavy atom. The normalized spacial score (nSPS) is 22.6. The number of rotatable bonds is 4. The van der Waals surface area contributed by atoms with Crippen molar-refractivity contribution in [3.63, 3.8) is 0 Å². The van der Waals surface area contributed by atoms with Crippen LogP contribution in [0.25, 0.3) is 0 Å². The van der Waals surface area contributed by atoms with Gasteiger partial charge in [0.25, 0.3) is 0 Å². The first-order chi connectivity index (χ1) is 12.1. The molecular formula is C16H11BrF8O2. The molecule has 27 heavy (non-hydrogen) atoms. The molecule has 1 saturated carbocycles. The zero-order valence-electron chi connectivity index (χ0n) is 13.6. The molecule has 0 spiro atoms. The second-order valence-electron chi connectivity index (χ2n) is 6.50. The summed E-state index contributed by atoms with van der Waals surface area (Å²) in [5, 5.41) is 0. The third kappa shape index (κ3) is 4.12. The quantitative estimate of drug-likeness (QED) is 0.318. The zero-order valence-corrected chi connectivity index (χ0v) is 15.2. The van der Waals surface area contributed by atoms with Gasteiger partial charge in [-0.3, -0.25) is 4.79 Å². The standard InChI is InChI=1S/C16H11BrF8O2/c1-14(2)7(5-9(17)15(21,22)23)10(14)13(26)27-16(24,25)6-3-4-8(18)12(20)11(6)19/h3-5,7,10H,1-2H3. The van der Waals surface area contributed by atoms with Crippen LogP contribution in [0.2, 0.25) is 0 Å². The average Bonchev–Trinajstić information content (AvgIpc) is 3.04. The lowest BCUT2D eigenvalue weighted by Crippen LogP contribution is -2.26. The van der Waals surface area contributed by atoms with E-state index >= 15 is 0 Å². The molecule has 1 aliphatic rings. The van der Waals surface area contributed by atoms with Gasteiger partial charge in [0.1, 0.15) is 5.56 Å². The molecule has 1 aromatic rings. The molecular weight excluding hydrogens is 456 g/mol. The molecule has 0 amide bonds. The van der Waals surface area contributed by atoms with Crippen LogP contribution in [0.3, 0.4) is 0 Å². The van der Waals surface area contributed by atoms with Crippen molar-refractivity contribution in [1.29, 1.82) is 0 Å². The second kappa shape index (κ2) is 6.75. The predicted octanol–water partition coefficient (Wildman–Crippen LogP) is 5.81. The lowest BCUT2D eigenvalue weighted by atomic mass is 10.1. The second-order valence-corrected chi connectivity index (χ2v) is 7.35. The highest BCUT2D eigenvalue weighted by Gasteiger charge is 2.63. The number of ether oxygens (including phenoxy) is 1. The first-order valence-electron chi connectivity index (χ1n) is 7.30. The molecule has 11 heteroatoms. The van der Waals surface area contributed by atoms with Crippen molar-refractivity contribution in [3.05, 3.63) is 45.7 Å². The maximum absolute atomic E-state index is 14.0. The van der Waals surface area contributed by atoms with Crippen LogP contribution in [0.4, 0.5) is 35.1 Å². The number of allylic oxidation sites excluding steroid dienone is 2. The van der Waals surface area contributed by atoms with E-state index in [1.54, 1.807) is 0 Å². The molecule has 2 atom stereocenters. The van der Waals surface area contributed by atoms with E-state index in [-0.39, 0.29) is 12.1 Å². The van der Waals surface area contributed by atoms with Crippen LogP contribution in [-0.4, -0.2) is 12.1 Å².